The fourth-order valence-electron chi connectivity index (χ4n) is 2.33. The van der Waals surface area contributed by atoms with Gasteiger partial charge < -0.3 is 14.8 Å². The molecule has 0 bridgehead atoms. The highest BCUT2D eigenvalue weighted by Gasteiger charge is 2.12. The number of carbonyl (C=O) groups excluding carboxylic acids is 2. The van der Waals surface area contributed by atoms with Crippen LogP contribution in [0.25, 0.3) is 0 Å². The van der Waals surface area contributed by atoms with Crippen LogP contribution < -0.4 is 20.2 Å². The Bertz CT molecular complexity index is 989. The first-order valence-electron chi connectivity index (χ1n) is 8.74. The van der Waals surface area contributed by atoms with Crippen LogP contribution in [0.2, 0.25) is 5.02 Å². The molecule has 156 valence electrons. The summed E-state index contributed by atoms with van der Waals surface area (Å²) in [6.45, 7) is 0.0579. The van der Waals surface area contributed by atoms with Crippen molar-refractivity contribution < 1.29 is 23.5 Å². The zero-order chi connectivity index (χ0) is 21.9. The van der Waals surface area contributed by atoms with Crippen LogP contribution >= 0.6 is 11.6 Å². The minimum absolute atomic E-state index is 0.0232. The topological polar surface area (TPSA) is 89.0 Å². The number of hydrogen-bond donors (Lipinski definition) is 2. The van der Waals surface area contributed by atoms with E-state index in [2.05, 4.69) is 21.8 Å². The van der Waals surface area contributed by atoms with Gasteiger partial charge in [-0.05, 0) is 29.8 Å². The molecule has 2 N–H and O–H groups in total. The number of ether oxygens (including phenoxy) is 2. The highest BCUT2D eigenvalue weighted by molar-refractivity contribution is 6.32. The quantitative estimate of drug-likeness (QED) is 0.363. The molecule has 2 aromatic rings. The van der Waals surface area contributed by atoms with Gasteiger partial charge in [-0.3, -0.25) is 9.59 Å². The van der Waals surface area contributed by atoms with Crippen molar-refractivity contribution in [3.63, 3.8) is 0 Å². The van der Waals surface area contributed by atoms with Gasteiger partial charge in [0, 0.05) is 13.0 Å². The molecule has 2 rings (SSSR count). The van der Waals surface area contributed by atoms with Gasteiger partial charge in [0.2, 0.25) is 5.91 Å². The van der Waals surface area contributed by atoms with E-state index in [9.17, 15) is 14.0 Å². The zero-order valence-corrected chi connectivity index (χ0v) is 16.8. The first kappa shape index (κ1) is 22.7. The van der Waals surface area contributed by atoms with Crippen molar-refractivity contribution in [2.45, 2.75) is 6.42 Å². The molecule has 0 aliphatic carbocycles. The monoisotopic (exact) mass is 431 g/mol. The summed E-state index contributed by atoms with van der Waals surface area (Å²) >= 11 is 6.16. The Hall–Kier alpha value is -3.57. The van der Waals surface area contributed by atoms with Crippen molar-refractivity contribution in [2.75, 3.05) is 20.3 Å². The number of carbonyl (C=O) groups is 2. The summed E-state index contributed by atoms with van der Waals surface area (Å²) in [7, 11) is 1.45. The Labute approximate surface area is 178 Å². The second-order valence-corrected chi connectivity index (χ2v) is 6.21. The molecule has 30 heavy (non-hydrogen) atoms. The standard InChI is InChI=1S/C21H19ClFN3O4/c1-3-10-30-20-16(22)11-14(12-18(20)29-2)13-25-26-19(27)8-9-24-21(28)15-6-4-5-7-17(15)23/h1,4-7,11-13H,8-10H2,2H3,(H,24,28)(H,26,27). The van der Waals surface area contributed by atoms with E-state index in [0.717, 1.165) is 0 Å². The van der Waals surface area contributed by atoms with E-state index < -0.39 is 17.6 Å². The number of nitrogens with zero attached hydrogens (tertiary/aromatic N) is 1. The van der Waals surface area contributed by atoms with Gasteiger partial charge in [-0.2, -0.15) is 5.10 Å². The number of hydrazone groups is 1. The molecule has 0 saturated carbocycles. The van der Waals surface area contributed by atoms with Crippen molar-refractivity contribution in [2.24, 2.45) is 5.10 Å². The van der Waals surface area contributed by atoms with Gasteiger partial charge in [-0.15, -0.1) is 6.42 Å². The molecule has 0 saturated heterocycles. The van der Waals surface area contributed by atoms with Gasteiger partial charge in [-0.25, -0.2) is 9.82 Å². The molecule has 2 amide bonds. The third kappa shape index (κ3) is 6.50. The minimum Gasteiger partial charge on any atom is -0.493 e. The van der Waals surface area contributed by atoms with Crippen LogP contribution in [-0.2, 0) is 4.79 Å². The van der Waals surface area contributed by atoms with Crippen LogP contribution in [0.1, 0.15) is 22.3 Å². The van der Waals surface area contributed by atoms with Gasteiger partial charge in [-0.1, -0.05) is 29.7 Å². The first-order valence-corrected chi connectivity index (χ1v) is 9.12. The number of halogens is 2. The van der Waals surface area contributed by atoms with Gasteiger partial charge >= 0.3 is 0 Å². The minimum atomic E-state index is -0.631. The lowest BCUT2D eigenvalue weighted by atomic mass is 10.2. The molecule has 0 fully saturated rings. The molecule has 0 spiro atoms. The van der Waals surface area contributed by atoms with Crippen molar-refractivity contribution in [1.82, 2.24) is 10.7 Å². The summed E-state index contributed by atoms with van der Waals surface area (Å²) in [5.41, 5.74) is 2.79. The maximum absolute atomic E-state index is 13.5. The van der Waals surface area contributed by atoms with Crippen molar-refractivity contribution in [1.29, 1.82) is 0 Å². The molecule has 7 nitrogen and oxygen atoms in total. The maximum Gasteiger partial charge on any atom is 0.254 e. The Morgan fingerprint density at radius 3 is 2.80 bits per heavy atom. The number of methoxy groups -OCH3 is 1. The molecule has 0 aliphatic rings. The van der Waals surface area contributed by atoms with Gasteiger partial charge in [0.15, 0.2) is 11.5 Å². The molecule has 0 heterocycles. The van der Waals surface area contributed by atoms with Crippen LogP contribution in [0.15, 0.2) is 41.5 Å². The number of benzene rings is 2. The molecule has 0 radical (unpaired) electrons. The van der Waals surface area contributed by atoms with Crippen LogP contribution in [0.3, 0.4) is 0 Å². The SMILES string of the molecule is C#CCOc1c(Cl)cc(C=NNC(=O)CCNC(=O)c2ccccc2F)cc1OC. The number of rotatable bonds is 9. The second-order valence-electron chi connectivity index (χ2n) is 5.81. The average molecular weight is 432 g/mol. The van der Waals surface area contributed by atoms with E-state index >= 15 is 0 Å². The smallest absolute Gasteiger partial charge is 0.254 e. The Balaban J connectivity index is 1.86. The normalized spacial score (nSPS) is 10.3. The molecule has 9 heteroatoms. The lowest BCUT2D eigenvalue weighted by Crippen LogP contribution is -2.29. The van der Waals surface area contributed by atoms with E-state index in [1.807, 2.05) is 0 Å². The Kier molecular flexibility index (Phi) is 8.66. The molecule has 2 aromatic carbocycles. The fraction of sp³-hybridized carbons (Fsp3) is 0.190. The summed E-state index contributed by atoms with van der Waals surface area (Å²) in [6, 6.07) is 8.76. The molecule has 0 atom stereocenters. The van der Waals surface area contributed by atoms with E-state index in [1.165, 1.54) is 31.5 Å². The van der Waals surface area contributed by atoms with Gasteiger partial charge in [0.25, 0.3) is 5.91 Å². The number of terminal acetylenes is 1. The van der Waals surface area contributed by atoms with Crippen molar-refractivity contribution >= 4 is 29.6 Å². The molecular formula is C21H19ClFN3O4. The summed E-state index contributed by atoms with van der Waals surface area (Å²) in [6.07, 6.45) is 6.50. The molecular weight excluding hydrogens is 413 g/mol. The van der Waals surface area contributed by atoms with Crippen LogP contribution in [-0.4, -0.2) is 38.3 Å². The predicted molar refractivity (Wildman–Crippen MR) is 111 cm³/mol. The van der Waals surface area contributed by atoms with Gasteiger partial charge in [0.1, 0.15) is 12.4 Å². The Morgan fingerprint density at radius 2 is 2.10 bits per heavy atom. The van der Waals surface area contributed by atoms with E-state index in [-0.39, 0.29) is 30.2 Å². The van der Waals surface area contributed by atoms with E-state index in [4.69, 9.17) is 27.5 Å². The van der Waals surface area contributed by atoms with E-state index in [1.54, 1.807) is 18.2 Å². The second kappa shape index (κ2) is 11.4. The first-order chi connectivity index (χ1) is 14.5. The summed E-state index contributed by atoms with van der Waals surface area (Å²) < 4.78 is 24.1. The summed E-state index contributed by atoms with van der Waals surface area (Å²) in [4.78, 5) is 23.7. The predicted octanol–water partition coefficient (Wildman–Crippen LogP) is 2.77. The largest absolute Gasteiger partial charge is 0.493 e. The number of amides is 2. The average Bonchev–Trinajstić information content (AvgIpc) is 2.72. The van der Waals surface area contributed by atoms with Crippen LogP contribution in [0, 0.1) is 18.2 Å². The molecule has 0 aromatic heterocycles. The summed E-state index contributed by atoms with van der Waals surface area (Å²) in [5, 5.41) is 6.58. The lowest BCUT2D eigenvalue weighted by Gasteiger charge is -2.11. The number of nitrogens with one attached hydrogen (secondary N) is 2. The number of hydrogen-bond acceptors (Lipinski definition) is 5. The maximum atomic E-state index is 13.5. The van der Waals surface area contributed by atoms with Crippen LogP contribution in [0.5, 0.6) is 11.5 Å². The lowest BCUT2D eigenvalue weighted by molar-refractivity contribution is -0.120. The third-order valence-electron chi connectivity index (χ3n) is 3.71. The third-order valence-corrected chi connectivity index (χ3v) is 3.99. The Morgan fingerprint density at radius 1 is 1.33 bits per heavy atom. The molecule has 0 unspecified atom stereocenters. The van der Waals surface area contributed by atoms with Gasteiger partial charge in [0.05, 0.1) is 23.9 Å². The van der Waals surface area contributed by atoms with Crippen LogP contribution in [0.4, 0.5) is 4.39 Å². The summed E-state index contributed by atoms with van der Waals surface area (Å²) in [5.74, 6) is 1.34. The van der Waals surface area contributed by atoms with Crippen molar-refractivity contribution in [3.8, 4) is 23.8 Å². The van der Waals surface area contributed by atoms with E-state index in [0.29, 0.717) is 17.1 Å². The fourth-order valence-corrected chi connectivity index (χ4v) is 2.61. The highest BCUT2D eigenvalue weighted by Crippen LogP contribution is 2.35. The molecule has 0 aliphatic heterocycles. The zero-order valence-electron chi connectivity index (χ0n) is 16.1. The van der Waals surface area contributed by atoms with Crippen molar-refractivity contribution in [3.05, 3.63) is 58.4 Å². The highest BCUT2D eigenvalue weighted by atomic mass is 35.5.